The Morgan fingerprint density at radius 3 is 2.74 bits per heavy atom. The Bertz CT molecular complexity index is 1130. The van der Waals surface area contributed by atoms with Crippen molar-refractivity contribution in [3.05, 3.63) is 76.5 Å². The van der Waals surface area contributed by atoms with Gasteiger partial charge in [0.05, 0.1) is 6.54 Å². The molecule has 1 saturated heterocycles. The fraction of sp³-hybridized carbons (Fsp3) is 0.143. The molecule has 0 unspecified atom stereocenters. The van der Waals surface area contributed by atoms with E-state index in [4.69, 9.17) is 9.84 Å². The summed E-state index contributed by atoms with van der Waals surface area (Å²) >= 11 is 0. The zero-order valence-corrected chi connectivity index (χ0v) is 14.7. The van der Waals surface area contributed by atoms with Gasteiger partial charge >= 0.3 is 6.09 Å². The van der Waals surface area contributed by atoms with Crippen molar-refractivity contribution in [1.82, 2.24) is 4.98 Å². The van der Waals surface area contributed by atoms with Crippen LogP contribution < -0.4 is 10.5 Å². The molecule has 2 heterocycles. The van der Waals surface area contributed by atoms with Crippen molar-refractivity contribution >= 4 is 22.6 Å². The number of hydrogen-bond acceptors (Lipinski definition) is 4. The molecule has 2 aromatic carbocycles. The molecule has 0 saturated carbocycles. The highest BCUT2D eigenvalue weighted by molar-refractivity contribution is 5.95. The van der Waals surface area contributed by atoms with E-state index in [-0.39, 0.29) is 17.9 Å². The van der Waals surface area contributed by atoms with Crippen LogP contribution in [-0.4, -0.2) is 22.7 Å². The van der Waals surface area contributed by atoms with Crippen LogP contribution in [0.1, 0.15) is 12.5 Å². The number of aliphatic hydroxyl groups excluding tert-OH is 1. The third kappa shape index (κ3) is 2.95. The van der Waals surface area contributed by atoms with Gasteiger partial charge in [-0.3, -0.25) is 9.69 Å². The highest BCUT2D eigenvalue weighted by atomic mass is 16.6. The maximum atomic E-state index is 12.7. The molecule has 0 spiro atoms. The number of carbonyl (C=O) groups excluding carboxylic acids is 1. The number of aromatic nitrogens is 1. The molecular weight excluding hydrogens is 344 g/mol. The van der Waals surface area contributed by atoms with Gasteiger partial charge in [-0.25, -0.2) is 4.79 Å². The molecule has 27 heavy (non-hydrogen) atoms. The van der Waals surface area contributed by atoms with Crippen molar-refractivity contribution in [1.29, 1.82) is 0 Å². The number of anilines is 1. The molecule has 2 N–H and O–H groups in total. The van der Waals surface area contributed by atoms with Gasteiger partial charge in [-0.2, -0.15) is 0 Å². The van der Waals surface area contributed by atoms with Crippen molar-refractivity contribution in [2.24, 2.45) is 0 Å². The number of rotatable bonds is 3. The number of aromatic amines is 1. The van der Waals surface area contributed by atoms with Crippen molar-refractivity contribution in [3.8, 4) is 11.3 Å². The summed E-state index contributed by atoms with van der Waals surface area (Å²) in [6.45, 7) is 2.20. The van der Waals surface area contributed by atoms with Crippen LogP contribution in [0.5, 0.6) is 0 Å². The standard InChI is InChI=1S/C21H18N2O4/c1-2-13-5-3-4-6-17(13)19-9-14-7-8-15(10-18(14)20(25)22-19)23-11-16(12-24)27-21(23)26/h3-10,12,24H,2,11H2,1H3,(H,22,25)/b16-12-. The predicted octanol–water partition coefficient (Wildman–Crippen LogP) is 4.11. The Balaban J connectivity index is 1.80. The number of nitrogens with zero attached hydrogens (tertiary/aromatic N) is 1. The third-order valence-corrected chi connectivity index (χ3v) is 4.73. The summed E-state index contributed by atoms with van der Waals surface area (Å²) in [6, 6.07) is 15.1. The van der Waals surface area contributed by atoms with Gasteiger partial charge in [0.15, 0.2) is 5.76 Å². The van der Waals surface area contributed by atoms with Crippen LogP contribution >= 0.6 is 0 Å². The fourth-order valence-electron chi connectivity index (χ4n) is 3.34. The maximum absolute atomic E-state index is 12.7. The second kappa shape index (κ2) is 6.64. The quantitative estimate of drug-likeness (QED) is 0.687. The first-order chi connectivity index (χ1) is 13.1. The Morgan fingerprint density at radius 2 is 2.00 bits per heavy atom. The van der Waals surface area contributed by atoms with Crippen LogP contribution in [0.3, 0.4) is 0 Å². The van der Waals surface area contributed by atoms with Crippen LogP contribution in [-0.2, 0) is 11.2 Å². The molecule has 3 aromatic rings. The number of hydrogen-bond donors (Lipinski definition) is 2. The SMILES string of the molecule is CCc1ccccc1-c1cc2ccc(N3C/C(=C/O)OC3=O)cc2c(=O)[nH]1. The lowest BCUT2D eigenvalue weighted by molar-refractivity contribution is 0.196. The summed E-state index contributed by atoms with van der Waals surface area (Å²) in [7, 11) is 0. The van der Waals surface area contributed by atoms with Gasteiger partial charge in [-0.15, -0.1) is 0 Å². The van der Waals surface area contributed by atoms with E-state index in [9.17, 15) is 9.59 Å². The Labute approximate surface area is 155 Å². The lowest BCUT2D eigenvalue weighted by Gasteiger charge is -2.13. The third-order valence-electron chi connectivity index (χ3n) is 4.73. The van der Waals surface area contributed by atoms with E-state index in [0.717, 1.165) is 34.9 Å². The Morgan fingerprint density at radius 1 is 1.19 bits per heavy atom. The first-order valence-electron chi connectivity index (χ1n) is 8.68. The number of pyridine rings is 1. The number of cyclic esters (lactones) is 1. The largest absolute Gasteiger partial charge is 0.512 e. The summed E-state index contributed by atoms with van der Waals surface area (Å²) in [5.41, 5.74) is 3.25. The number of nitrogens with one attached hydrogen (secondary N) is 1. The van der Waals surface area contributed by atoms with Gasteiger partial charge in [-0.05, 0) is 35.6 Å². The van der Waals surface area contributed by atoms with Gasteiger partial charge < -0.3 is 14.8 Å². The van der Waals surface area contributed by atoms with E-state index in [0.29, 0.717) is 11.1 Å². The number of H-pyrrole nitrogens is 1. The first-order valence-corrected chi connectivity index (χ1v) is 8.68. The van der Waals surface area contributed by atoms with E-state index in [1.165, 1.54) is 4.90 Å². The molecule has 6 heteroatoms. The molecule has 1 fully saturated rings. The molecule has 0 atom stereocenters. The molecule has 1 aliphatic heterocycles. The van der Waals surface area contributed by atoms with Crippen LogP contribution in [0.4, 0.5) is 10.5 Å². The van der Waals surface area contributed by atoms with Gasteiger partial charge in [0.25, 0.3) is 5.56 Å². The van der Waals surface area contributed by atoms with Crippen LogP contribution in [0, 0.1) is 0 Å². The molecule has 6 nitrogen and oxygen atoms in total. The lowest BCUT2D eigenvalue weighted by Crippen LogP contribution is -2.23. The number of ether oxygens (including phenoxy) is 1. The topological polar surface area (TPSA) is 82.6 Å². The highest BCUT2D eigenvalue weighted by Crippen LogP contribution is 2.28. The molecule has 0 radical (unpaired) electrons. The second-order valence-corrected chi connectivity index (χ2v) is 6.34. The Hall–Kier alpha value is -3.54. The number of benzene rings is 2. The monoisotopic (exact) mass is 362 g/mol. The van der Waals surface area contributed by atoms with Gasteiger partial charge in [-0.1, -0.05) is 37.3 Å². The molecular formula is C21H18N2O4. The number of amides is 1. The zero-order chi connectivity index (χ0) is 19.0. The van der Waals surface area contributed by atoms with Crippen LogP contribution in [0.15, 0.2) is 65.3 Å². The van der Waals surface area contributed by atoms with Crippen molar-refractivity contribution in [2.75, 3.05) is 11.4 Å². The minimum Gasteiger partial charge on any atom is -0.512 e. The molecule has 0 bridgehead atoms. The number of aryl methyl sites for hydroxylation is 1. The molecule has 1 aromatic heterocycles. The molecule has 4 rings (SSSR count). The zero-order valence-electron chi connectivity index (χ0n) is 14.7. The average molecular weight is 362 g/mol. The summed E-state index contributed by atoms with van der Waals surface area (Å²) < 4.78 is 4.93. The van der Waals surface area contributed by atoms with E-state index in [1.54, 1.807) is 12.1 Å². The van der Waals surface area contributed by atoms with E-state index >= 15 is 0 Å². The van der Waals surface area contributed by atoms with E-state index < -0.39 is 6.09 Å². The van der Waals surface area contributed by atoms with Crippen molar-refractivity contribution < 1.29 is 14.6 Å². The highest BCUT2D eigenvalue weighted by Gasteiger charge is 2.28. The van der Waals surface area contributed by atoms with Crippen LogP contribution in [0.2, 0.25) is 0 Å². The Kier molecular flexibility index (Phi) is 4.16. The van der Waals surface area contributed by atoms with Gasteiger partial charge in [0, 0.05) is 22.3 Å². The van der Waals surface area contributed by atoms with Gasteiger partial charge in [0.2, 0.25) is 0 Å². The number of aliphatic hydroxyl groups is 1. The minimum atomic E-state index is -0.584. The van der Waals surface area contributed by atoms with Crippen molar-refractivity contribution in [2.45, 2.75) is 13.3 Å². The maximum Gasteiger partial charge on any atom is 0.420 e. The molecule has 1 amide bonds. The average Bonchev–Trinajstić information content (AvgIpc) is 3.08. The second-order valence-electron chi connectivity index (χ2n) is 6.34. The van der Waals surface area contributed by atoms with E-state index in [1.807, 2.05) is 36.4 Å². The molecule has 1 aliphatic rings. The number of fused-ring (bicyclic) bond motifs is 1. The van der Waals surface area contributed by atoms with Gasteiger partial charge in [0.1, 0.15) is 6.26 Å². The minimum absolute atomic E-state index is 0.126. The number of carbonyl (C=O) groups is 1. The van der Waals surface area contributed by atoms with Crippen LogP contribution in [0.25, 0.3) is 22.0 Å². The summed E-state index contributed by atoms with van der Waals surface area (Å²) in [6.07, 6.45) is 1.05. The fourth-order valence-corrected chi connectivity index (χ4v) is 3.34. The normalized spacial score (nSPS) is 15.5. The molecule has 0 aliphatic carbocycles. The summed E-state index contributed by atoms with van der Waals surface area (Å²) in [4.78, 5) is 29.0. The van der Waals surface area contributed by atoms with Crippen molar-refractivity contribution in [3.63, 3.8) is 0 Å². The predicted molar refractivity (Wildman–Crippen MR) is 104 cm³/mol. The van der Waals surface area contributed by atoms with E-state index in [2.05, 4.69) is 11.9 Å². The summed E-state index contributed by atoms with van der Waals surface area (Å²) in [5, 5.41) is 10.3. The summed E-state index contributed by atoms with van der Waals surface area (Å²) in [5.74, 6) is 0.167. The molecule has 136 valence electrons. The first kappa shape index (κ1) is 16.9. The lowest BCUT2D eigenvalue weighted by atomic mass is 10.0. The smallest absolute Gasteiger partial charge is 0.420 e.